The summed E-state index contributed by atoms with van der Waals surface area (Å²) >= 11 is 0. The maximum Gasteiger partial charge on any atom is 0.241 e. The summed E-state index contributed by atoms with van der Waals surface area (Å²) in [5.41, 5.74) is 1.12. The van der Waals surface area contributed by atoms with Crippen molar-refractivity contribution in [3.8, 4) is 0 Å². The number of nitrogens with zero attached hydrogens (tertiary/aromatic N) is 2. The van der Waals surface area contributed by atoms with E-state index in [1.165, 1.54) is 25.7 Å². The van der Waals surface area contributed by atoms with Gasteiger partial charge < -0.3 is 10.2 Å². The number of hydrogen-bond acceptors (Lipinski definition) is 3. The Hall–Kier alpha value is -1.91. The molecule has 3 rings (SSSR count). The fourth-order valence-electron chi connectivity index (χ4n) is 4.05. The molecule has 2 aliphatic rings. The maximum atomic E-state index is 12.3. The van der Waals surface area contributed by atoms with Crippen molar-refractivity contribution in [3.63, 3.8) is 0 Å². The van der Waals surface area contributed by atoms with Gasteiger partial charge >= 0.3 is 0 Å². The van der Waals surface area contributed by atoms with E-state index in [-0.39, 0.29) is 18.4 Å². The highest BCUT2D eigenvalue weighted by atomic mass is 16.2. The van der Waals surface area contributed by atoms with Crippen LogP contribution in [0, 0.1) is 5.92 Å². The molecule has 0 bridgehead atoms. The van der Waals surface area contributed by atoms with E-state index in [1.807, 2.05) is 23.2 Å². The maximum absolute atomic E-state index is 12.3. The van der Waals surface area contributed by atoms with Crippen LogP contribution in [0.5, 0.6) is 0 Å². The van der Waals surface area contributed by atoms with E-state index in [9.17, 15) is 9.59 Å². The molecule has 1 saturated carbocycles. The van der Waals surface area contributed by atoms with Crippen molar-refractivity contribution in [3.05, 3.63) is 30.1 Å². The third kappa shape index (κ3) is 5.28. The molecule has 0 atom stereocenters. The first-order valence-corrected chi connectivity index (χ1v) is 9.68. The normalized spacial score (nSPS) is 19.1. The van der Waals surface area contributed by atoms with Crippen LogP contribution < -0.4 is 5.32 Å². The minimum Gasteiger partial charge on any atom is -0.347 e. The van der Waals surface area contributed by atoms with E-state index in [0.29, 0.717) is 18.3 Å². The summed E-state index contributed by atoms with van der Waals surface area (Å²) in [6.07, 6.45) is 10.4. The predicted octanol–water partition coefficient (Wildman–Crippen LogP) is 2.87. The highest BCUT2D eigenvalue weighted by molar-refractivity contribution is 5.84. The van der Waals surface area contributed by atoms with Crippen LogP contribution in [0.25, 0.3) is 0 Å². The monoisotopic (exact) mass is 343 g/mol. The lowest BCUT2D eigenvalue weighted by atomic mass is 9.93. The molecule has 1 N–H and O–H groups in total. The second-order valence-corrected chi connectivity index (χ2v) is 7.38. The van der Waals surface area contributed by atoms with Gasteiger partial charge in [-0.3, -0.25) is 14.6 Å². The largest absolute Gasteiger partial charge is 0.347 e. The van der Waals surface area contributed by atoms with Crippen molar-refractivity contribution >= 4 is 11.8 Å². The average Bonchev–Trinajstić information content (AvgIpc) is 3.19. The van der Waals surface area contributed by atoms with Crippen LogP contribution in [0.2, 0.25) is 0 Å². The molecular weight excluding hydrogens is 314 g/mol. The van der Waals surface area contributed by atoms with Crippen LogP contribution in [0.1, 0.15) is 63.0 Å². The highest BCUT2D eigenvalue weighted by Gasteiger charge is 2.24. The van der Waals surface area contributed by atoms with Gasteiger partial charge in [-0.25, -0.2) is 0 Å². The van der Waals surface area contributed by atoms with Crippen LogP contribution in [0.3, 0.4) is 0 Å². The van der Waals surface area contributed by atoms with Crippen LogP contribution in [0.4, 0.5) is 0 Å². The second kappa shape index (κ2) is 8.97. The molecule has 2 fully saturated rings. The van der Waals surface area contributed by atoms with E-state index in [4.69, 9.17) is 0 Å². The number of carbonyl (C=O) groups is 2. The van der Waals surface area contributed by atoms with Gasteiger partial charge in [0.2, 0.25) is 11.8 Å². The van der Waals surface area contributed by atoms with Gasteiger partial charge in [0.1, 0.15) is 0 Å². The summed E-state index contributed by atoms with van der Waals surface area (Å²) in [4.78, 5) is 30.5. The Labute approximate surface area is 150 Å². The molecular formula is C20H29N3O2. The molecule has 1 aromatic heterocycles. The lowest BCUT2D eigenvalue weighted by Gasteiger charge is -2.31. The number of nitrogens with one attached hydrogen (secondary N) is 1. The molecule has 1 aliphatic heterocycles. The standard InChI is InChI=1S/C20H29N3O2/c24-19(9-8-16-5-1-2-6-16)22-15-20(25)23-13-10-17(11-14-23)18-7-3-4-12-21-18/h3-4,7,12,16-17H,1-2,5-6,8-11,13-15H2,(H,22,24). The Morgan fingerprint density at radius 2 is 1.88 bits per heavy atom. The molecule has 5 nitrogen and oxygen atoms in total. The summed E-state index contributed by atoms with van der Waals surface area (Å²) in [6.45, 7) is 1.63. The first-order chi connectivity index (χ1) is 12.2. The molecule has 2 amide bonds. The Morgan fingerprint density at radius 3 is 2.56 bits per heavy atom. The Kier molecular flexibility index (Phi) is 6.42. The molecule has 0 radical (unpaired) electrons. The van der Waals surface area contributed by atoms with Gasteiger partial charge in [0.05, 0.1) is 6.54 Å². The molecule has 0 unspecified atom stereocenters. The van der Waals surface area contributed by atoms with Crippen molar-refractivity contribution in [2.75, 3.05) is 19.6 Å². The summed E-state index contributed by atoms with van der Waals surface area (Å²) in [5.74, 6) is 1.20. The molecule has 1 saturated heterocycles. The SMILES string of the molecule is O=C(CCC1CCCC1)NCC(=O)N1CCC(c2ccccn2)CC1. The number of piperidine rings is 1. The van der Waals surface area contributed by atoms with Crippen LogP contribution in [-0.2, 0) is 9.59 Å². The van der Waals surface area contributed by atoms with Gasteiger partial charge in [0.25, 0.3) is 0 Å². The van der Waals surface area contributed by atoms with E-state index >= 15 is 0 Å². The predicted molar refractivity (Wildman–Crippen MR) is 97.0 cm³/mol. The third-order valence-corrected chi connectivity index (χ3v) is 5.64. The summed E-state index contributed by atoms with van der Waals surface area (Å²) in [6, 6.07) is 6.01. The minimum absolute atomic E-state index is 0.0172. The highest BCUT2D eigenvalue weighted by Crippen LogP contribution is 2.28. The molecule has 0 aromatic carbocycles. The zero-order valence-corrected chi connectivity index (χ0v) is 15.0. The molecule has 1 aromatic rings. The number of aromatic nitrogens is 1. The van der Waals surface area contributed by atoms with E-state index in [1.54, 1.807) is 0 Å². The van der Waals surface area contributed by atoms with Crippen LogP contribution in [0.15, 0.2) is 24.4 Å². The van der Waals surface area contributed by atoms with Crippen molar-refractivity contribution in [2.45, 2.75) is 57.3 Å². The zero-order valence-electron chi connectivity index (χ0n) is 15.0. The average molecular weight is 343 g/mol. The van der Waals surface area contributed by atoms with E-state index in [2.05, 4.69) is 16.4 Å². The van der Waals surface area contributed by atoms with Crippen molar-refractivity contribution in [2.24, 2.45) is 5.92 Å². The Morgan fingerprint density at radius 1 is 1.12 bits per heavy atom. The Bertz CT molecular complexity index is 562. The minimum atomic E-state index is 0.0172. The molecule has 1 aliphatic carbocycles. The third-order valence-electron chi connectivity index (χ3n) is 5.64. The van der Waals surface area contributed by atoms with Gasteiger partial charge in [-0.15, -0.1) is 0 Å². The number of amides is 2. The fraction of sp³-hybridized carbons (Fsp3) is 0.650. The topological polar surface area (TPSA) is 62.3 Å². The lowest BCUT2D eigenvalue weighted by molar-refractivity contribution is -0.133. The fourth-order valence-corrected chi connectivity index (χ4v) is 4.05. The smallest absolute Gasteiger partial charge is 0.241 e. The van der Waals surface area contributed by atoms with Gasteiger partial charge in [-0.1, -0.05) is 31.7 Å². The number of hydrogen-bond donors (Lipinski definition) is 1. The van der Waals surface area contributed by atoms with E-state index < -0.39 is 0 Å². The van der Waals surface area contributed by atoms with Crippen molar-refractivity contribution in [1.29, 1.82) is 0 Å². The van der Waals surface area contributed by atoms with Gasteiger partial charge in [-0.2, -0.15) is 0 Å². The van der Waals surface area contributed by atoms with Gasteiger partial charge in [0.15, 0.2) is 0 Å². The Balaban J connectivity index is 1.34. The summed E-state index contributed by atoms with van der Waals surface area (Å²) in [5, 5.41) is 2.80. The number of pyridine rings is 1. The first kappa shape index (κ1) is 17.9. The molecule has 2 heterocycles. The molecule has 0 spiro atoms. The number of carbonyl (C=O) groups excluding carboxylic acids is 2. The van der Waals surface area contributed by atoms with Crippen LogP contribution in [-0.4, -0.2) is 41.3 Å². The zero-order chi connectivity index (χ0) is 17.5. The lowest BCUT2D eigenvalue weighted by Crippen LogP contribution is -2.43. The summed E-state index contributed by atoms with van der Waals surface area (Å²) in [7, 11) is 0. The molecule has 136 valence electrons. The molecule has 25 heavy (non-hydrogen) atoms. The molecule has 5 heteroatoms. The van der Waals surface area contributed by atoms with Crippen molar-refractivity contribution < 1.29 is 9.59 Å². The quantitative estimate of drug-likeness (QED) is 0.864. The second-order valence-electron chi connectivity index (χ2n) is 7.38. The first-order valence-electron chi connectivity index (χ1n) is 9.68. The van der Waals surface area contributed by atoms with Gasteiger partial charge in [0, 0.05) is 37.3 Å². The van der Waals surface area contributed by atoms with E-state index in [0.717, 1.165) is 38.0 Å². The van der Waals surface area contributed by atoms with Crippen LogP contribution >= 0.6 is 0 Å². The number of likely N-dealkylation sites (tertiary alicyclic amines) is 1. The van der Waals surface area contributed by atoms with Gasteiger partial charge in [-0.05, 0) is 37.3 Å². The summed E-state index contributed by atoms with van der Waals surface area (Å²) < 4.78 is 0. The number of rotatable bonds is 6. The van der Waals surface area contributed by atoms with Crippen molar-refractivity contribution in [1.82, 2.24) is 15.2 Å².